The first-order valence-electron chi connectivity index (χ1n) is 6.14. The highest BCUT2D eigenvalue weighted by atomic mass is 79.9. The molecule has 3 rings (SSSR count). The molecule has 2 nitrogen and oxygen atoms in total. The average molecular weight is 332 g/mol. The van der Waals surface area contributed by atoms with Crippen molar-refractivity contribution in [2.45, 2.75) is 6.92 Å². The maximum absolute atomic E-state index is 13.6. The van der Waals surface area contributed by atoms with Gasteiger partial charge in [0.25, 0.3) is 0 Å². The Morgan fingerprint density at radius 3 is 2.80 bits per heavy atom. The van der Waals surface area contributed by atoms with Gasteiger partial charge in [0.2, 0.25) is 0 Å². The summed E-state index contributed by atoms with van der Waals surface area (Å²) < 4.78 is 13.9. The molecule has 1 N–H and O–H groups in total. The molecule has 4 heteroatoms. The van der Waals surface area contributed by atoms with Crippen LogP contribution in [0.25, 0.3) is 10.9 Å². The zero-order chi connectivity index (χ0) is 14.3. The Hall–Kier alpha value is -1.94. The van der Waals surface area contributed by atoms with Crippen LogP contribution in [0.4, 0.5) is 4.39 Å². The van der Waals surface area contributed by atoms with Gasteiger partial charge in [-0.1, -0.05) is 12.1 Å². The van der Waals surface area contributed by atoms with Crippen molar-refractivity contribution in [3.63, 3.8) is 0 Å². The average Bonchev–Trinajstić information content (AvgIpc) is 2.86. The summed E-state index contributed by atoms with van der Waals surface area (Å²) in [5.41, 5.74) is 2.84. The first kappa shape index (κ1) is 13.1. The van der Waals surface area contributed by atoms with Crippen molar-refractivity contribution in [1.82, 2.24) is 4.98 Å². The molecule has 0 aliphatic rings. The van der Waals surface area contributed by atoms with Crippen molar-refractivity contribution >= 4 is 32.6 Å². The number of benzene rings is 2. The number of ketones is 1. The number of hydrogen-bond donors (Lipinski definition) is 1. The number of H-pyrrole nitrogens is 1. The van der Waals surface area contributed by atoms with Gasteiger partial charge >= 0.3 is 0 Å². The van der Waals surface area contributed by atoms with E-state index >= 15 is 0 Å². The Morgan fingerprint density at radius 1 is 1.25 bits per heavy atom. The topological polar surface area (TPSA) is 32.9 Å². The molecule has 0 aliphatic carbocycles. The molecule has 3 aromatic rings. The summed E-state index contributed by atoms with van der Waals surface area (Å²) in [4.78, 5) is 15.6. The zero-order valence-electron chi connectivity index (χ0n) is 10.7. The van der Waals surface area contributed by atoms with Gasteiger partial charge in [-0.05, 0) is 52.7 Å². The molecule has 0 radical (unpaired) electrons. The first-order chi connectivity index (χ1) is 9.58. The lowest BCUT2D eigenvalue weighted by molar-refractivity contribution is 0.104. The quantitative estimate of drug-likeness (QED) is 0.683. The van der Waals surface area contributed by atoms with E-state index in [0.29, 0.717) is 15.6 Å². The minimum absolute atomic E-state index is 0.183. The molecule has 0 spiro atoms. The predicted octanol–water partition coefficient (Wildman–Crippen LogP) is 4.61. The van der Waals surface area contributed by atoms with Gasteiger partial charge in [-0.15, -0.1) is 0 Å². The third-order valence-electron chi connectivity index (χ3n) is 3.34. The minimum Gasteiger partial charge on any atom is -0.360 e. The summed E-state index contributed by atoms with van der Waals surface area (Å²) in [6.45, 7) is 1.95. The molecule has 0 bridgehead atoms. The second-order valence-electron chi connectivity index (χ2n) is 4.66. The van der Waals surface area contributed by atoms with Gasteiger partial charge in [0.15, 0.2) is 5.78 Å². The molecule has 0 saturated carbocycles. The normalized spacial score (nSPS) is 10.9. The molecule has 100 valence electrons. The van der Waals surface area contributed by atoms with Crippen molar-refractivity contribution in [3.05, 3.63) is 69.6 Å². The molecular weight excluding hydrogens is 321 g/mol. The molecule has 0 amide bonds. The van der Waals surface area contributed by atoms with Crippen LogP contribution in [0.3, 0.4) is 0 Å². The van der Waals surface area contributed by atoms with E-state index in [1.54, 1.807) is 18.3 Å². The Labute approximate surface area is 123 Å². The molecule has 1 aromatic heterocycles. The monoisotopic (exact) mass is 331 g/mol. The van der Waals surface area contributed by atoms with Gasteiger partial charge < -0.3 is 4.98 Å². The van der Waals surface area contributed by atoms with Gasteiger partial charge in [0.05, 0.1) is 4.47 Å². The second-order valence-corrected chi connectivity index (χ2v) is 5.51. The number of carbonyl (C=O) groups is 1. The molecule has 0 aliphatic heterocycles. The van der Waals surface area contributed by atoms with Crippen molar-refractivity contribution in [3.8, 4) is 0 Å². The maximum atomic E-state index is 13.6. The SMILES string of the molecule is Cc1cccc2[nH]cc(C(=O)c3ccc(Br)c(F)c3)c12. The molecule has 0 saturated heterocycles. The number of nitrogens with one attached hydrogen (secondary N) is 1. The van der Waals surface area contributed by atoms with Crippen LogP contribution >= 0.6 is 15.9 Å². The Morgan fingerprint density at radius 2 is 2.05 bits per heavy atom. The molecule has 0 fully saturated rings. The van der Waals surface area contributed by atoms with Crippen LogP contribution in [0.2, 0.25) is 0 Å². The number of hydrogen-bond acceptors (Lipinski definition) is 1. The molecule has 20 heavy (non-hydrogen) atoms. The zero-order valence-corrected chi connectivity index (χ0v) is 12.3. The fraction of sp³-hybridized carbons (Fsp3) is 0.0625. The summed E-state index contributed by atoms with van der Waals surface area (Å²) in [5.74, 6) is -0.621. The largest absolute Gasteiger partial charge is 0.360 e. The maximum Gasteiger partial charge on any atom is 0.195 e. The van der Waals surface area contributed by atoms with E-state index in [2.05, 4.69) is 20.9 Å². The van der Waals surface area contributed by atoms with Crippen LogP contribution in [-0.2, 0) is 0 Å². The van der Waals surface area contributed by atoms with Crippen LogP contribution in [0.1, 0.15) is 21.5 Å². The Bertz CT molecular complexity index is 822. The van der Waals surface area contributed by atoms with E-state index in [-0.39, 0.29) is 5.78 Å². The van der Waals surface area contributed by atoms with E-state index < -0.39 is 5.82 Å². The second kappa shape index (κ2) is 4.87. The lowest BCUT2D eigenvalue weighted by Crippen LogP contribution is -2.01. The lowest BCUT2D eigenvalue weighted by atomic mass is 10.00. The lowest BCUT2D eigenvalue weighted by Gasteiger charge is -2.03. The van der Waals surface area contributed by atoms with Crippen LogP contribution in [0.5, 0.6) is 0 Å². The Kier molecular flexibility index (Phi) is 3.18. The smallest absolute Gasteiger partial charge is 0.195 e. The summed E-state index contributed by atoms with van der Waals surface area (Å²) >= 11 is 3.09. The third-order valence-corrected chi connectivity index (χ3v) is 3.98. The van der Waals surface area contributed by atoms with E-state index in [4.69, 9.17) is 0 Å². The molecular formula is C16H11BrFNO. The van der Waals surface area contributed by atoms with Crippen molar-refractivity contribution in [1.29, 1.82) is 0 Å². The third kappa shape index (κ3) is 2.06. The van der Waals surface area contributed by atoms with Crippen molar-refractivity contribution in [2.24, 2.45) is 0 Å². The van der Waals surface area contributed by atoms with E-state index in [1.807, 2.05) is 25.1 Å². The predicted molar refractivity (Wildman–Crippen MR) is 80.6 cm³/mol. The molecule has 1 heterocycles. The van der Waals surface area contributed by atoms with Crippen LogP contribution in [-0.4, -0.2) is 10.8 Å². The van der Waals surface area contributed by atoms with Gasteiger partial charge in [-0.3, -0.25) is 4.79 Å². The van der Waals surface area contributed by atoms with E-state index in [0.717, 1.165) is 16.5 Å². The molecule has 0 atom stereocenters. The fourth-order valence-electron chi connectivity index (χ4n) is 2.34. The highest BCUT2D eigenvalue weighted by Crippen LogP contribution is 2.25. The first-order valence-corrected chi connectivity index (χ1v) is 6.93. The Balaban J connectivity index is 2.15. The minimum atomic E-state index is -0.438. The fourth-order valence-corrected chi connectivity index (χ4v) is 2.59. The summed E-state index contributed by atoms with van der Waals surface area (Å²) in [6, 6.07) is 10.2. The van der Waals surface area contributed by atoms with Crippen LogP contribution in [0.15, 0.2) is 47.1 Å². The standard InChI is InChI=1S/C16H11BrFNO/c1-9-3-2-4-14-15(9)11(8-19-14)16(20)10-5-6-12(17)13(18)7-10/h2-8,19H,1H3. The van der Waals surface area contributed by atoms with Crippen LogP contribution in [0, 0.1) is 12.7 Å². The highest BCUT2D eigenvalue weighted by molar-refractivity contribution is 9.10. The summed E-state index contributed by atoms with van der Waals surface area (Å²) in [6.07, 6.45) is 1.68. The summed E-state index contributed by atoms with van der Waals surface area (Å²) in [5, 5.41) is 0.890. The number of fused-ring (bicyclic) bond motifs is 1. The number of aromatic amines is 1. The van der Waals surface area contributed by atoms with Gasteiger partial charge in [0, 0.05) is 28.2 Å². The summed E-state index contributed by atoms with van der Waals surface area (Å²) in [7, 11) is 0. The number of rotatable bonds is 2. The van der Waals surface area contributed by atoms with E-state index in [9.17, 15) is 9.18 Å². The van der Waals surface area contributed by atoms with Gasteiger partial charge in [0.1, 0.15) is 5.82 Å². The molecule has 2 aromatic carbocycles. The van der Waals surface area contributed by atoms with Crippen LogP contribution < -0.4 is 0 Å². The number of aromatic nitrogens is 1. The van der Waals surface area contributed by atoms with Crippen molar-refractivity contribution < 1.29 is 9.18 Å². The number of carbonyl (C=O) groups excluding carboxylic acids is 1. The van der Waals surface area contributed by atoms with E-state index in [1.165, 1.54) is 6.07 Å². The number of aryl methyl sites for hydroxylation is 1. The molecule has 0 unspecified atom stereocenters. The van der Waals surface area contributed by atoms with Crippen molar-refractivity contribution in [2.75, 3.05) is 0 Å². The van der Waals surface area contributed by atoms with Gasteiger partial charge in [-0.2, -0.15) is 0 Å². The highest BCUT2D eigenvalue weighted by Gasteiger charge is 2.16. The number of halogens is 2. The van der Waals surface area contributed by atoms with Gasteiger partial charge in [-0.25, -0.2) is 4.39 Å².